The van der Waals surface area contributed by atoms with Gasteiger partial charge in [-0.25, -0.2) is 9.78 Å². The molecule has 0 saturated carbocycles. The lowest BCUT2D eigenvalue weighted by Crippen LogP contribution is -3.06. The lowest BCUT2D eigenvalue weighted by atomic mass is 10.3. The fourth-order valence-corrected chi connectivity index (χ4v) is 2.54. The van der Waals surface area contributed by atoms with E-state index >= 15 is 0 Å². The molecule has 0 spiro atoms. The maximum atomic E-state index is 11.7. The number of urea groups is 1. The maximum absolute atomic E-state index is 11.7. The van der Waals surface area contributed by atoms with Gasteiger partial charge in [0.15, 0.2) is 5.13 Å². The van der Waals surface area contributed by atoms with Crippen molar-refractivity contribution >= 4 is 38.4 Å². The molecule has 0 bridgehead atoms. The van der Waals surface area contributed by atoms with E-state index in [4.69, 9.17) is 0 Å². The topological polar surface area (TPSA) is 102 Å². The van der Waals surface area contributed by atoms with Crippen molar-refractivity contribution in [3.8, 4) is 0 Å². The molecule has 8 nitrogen and oxygen atoms in total. The van der Waals surface area contributed by atoms with Crippen LogP contribution < -0.4 is 27.9 Å². The number of amides is 2. The minimum atomic E-state index is -0.456. The molecule has 0 aliphatic heterocycles. The average Bonchev–Trinajstić information content (AvgIpc) is 2.78. The maximum Gasteiger partial charge on any atom is 0.321 e. The minimum absolute atomic E-state index is 0. The lowest BCUT2D eigenvalue weighted by Gasteiger charge is -2.08. The van der Waals surface area contributed by atoms with E-state index in [0.717, 1.165) is 6.54 Å². The summed E-state index contributed by atoms with van der Waals surface area (Å²) in [6.45, 7) is 1.38. The quantitative estimate of drug-likeness (QED) is 0.411. The molecule has 2 amide bonds. The van der Waals surface area contributed by atoms with Crippen LogP contribution in [0.5, 0.6) is 0 Å². The number of aromatic nitrogens is 1. The third-order valence-corrected chi connectivity index (χ3v) is 3.65. The third-order valence-electron chi connectivity index (χ3n) is 2.71. The number of nitro groups is 1. The molecule has 10 heteroatoms. The number of anilines is 1. The highest BCUT2D eigenvalue weighted by Crippen LogP contribution is 2.28. The highest BCUT2D eigenvalue weighted by Gasteiger charge is 2.11. The minimum Gasteiger partial charge on any atom is -1.00 e. The summed E-state index contributed by atoms with van der Waals surface area (Å²) in [5, 5.41) is 16.5. The van der Waals surface area contributed by atoms with Gasteiger partial charge in [-0.1, -0.05) is 11.3 Å². The van der Waals surface area contributed by atoms with Gasteiger partial charge in [0, 0.05) is 12.1 Å². The van der Waals surface area contributed by atoms with Gasteiger partial charge in [-0.3, -0.25) is 15.4 Å². The second-order valence-electron chi connectivity index (χ2n) is 4.77. The number of halogens is 1. The molecule has 1 aromatic carbocycles. The number of nitrogens with one attached hydrogen (secondary N) is 3. The van der Waals surface area contributed by atoms with Crippen LogP contribution in [0, 0.1) is 10.1 Å². The predicted octanol–water partition coefficient (Wildman–Crippen LogP) is -2.53. The second kappa shape index (κ2) is 7.87. The Morgan fingerprint density at radius 3 is 2.82 bits per heavy atom. The fraction of sp³-hybridized carbons (Fsp3) is 0.333. The lowest BCUT2D eigenvalue weighted by molar-refractivity contribution is -0.856. The number of nitro benzene ring substituents is 1. The summed E-state index contributed by atoms with van der Waals surface area (Å²) >= 11 is 1.20. The van der Waals surface area contributed by atoms with Crippen LogP contribution in [0.15, 0.2) is 18.2 Å². The number of quaternary nitrogens is 1. The summed E-state index contributed by atoms with van der Waals surface area (Å²) in [5.74, 6) is 0. The molecular formula is C12H16ClN5O3S. The first-order valence-electron chi connectivity index (χ1n) is 6.34. The van der Waals surface area contributed by atoms with E-state index in [1.54, 1.807) is 6.07 Å². The van der Waals surface area contributed by atoms with E-state index in [1.165, 1.54) is 28.4 Å². The number of nitrogens with zero attached hydrogens (tertiary/aromatic N) is 2. The van der Waals surface area contributed by atoms with Gasteiger partial charge < -0.3 is 22.6 Å². The molecule has 3 N–H and O–H groups in total. The third kappa shape index (κ3) is 4.79. The first-order valence-corrected chi connectivity index (χ1v) is 7.16. The summed E-state index contributed by atoms with van der Waals surface area (Å²) in [6.07, 6.45) is 0. The standard InChI is InChI=1S/C12H15N5O3S.ClH/c1-16(2)6-5-13-11(18)15-12-14-9-4-3-8(17(19)20)7-10(9)21-12;/h3-4,7H,5-6H2,1-2H3,(H2,13,14,15,18);1H. The van der Waals surface area contributed by atoms with Gasteiger partial charge in [-0.15, -0.1) is 0 Å². The monoisotopic (exact) mass is 345 g/mol. The number of fused-ring (bicyclic) bond motifs is 1. The normalized spacial score (nSPS) is 10.3. The summed E-state index contributed by atoms with van der Waals surface area (Å²) in [5.41, 5.74) is 0.634. The van der Waals surface area contributed by atoms with Crippen LogP contribution in [0.25, 0.3) is 10.2 Å². The number of rotatable bonds is 5. The van der Waals surface area contributed by atoms with E-state index < -0.39 is 4.92 Å². The Morgan fingerprint density at radius 1 is 1.45 bits per heavy atom. The van der Waals surface area contributed by atoms with E-state index in [0.29, 0.717) is 21.9 Å². The molecule has 0 radical (unpaired) electrons. The summed E-state index contributed by atoms with van der Waals surface area (Å²) < 4.78 is 0.664. The van der Waals surface area contributed by atoms with Crippen molar-refractivity contribution in [3.05, 3.63) is 28.3 Å². The molecule has 2 aromatic rings. The van der Waals surface area contributed by atoms with Gasteiger partial charge >= 0.3 is 6.03 Å². The Balaban J connectivity index is 0.00000242. The van der Waals surface area contributed by atoms with Crippen LogP contribution in [-0.2, 0) is 0 Å². The number of hydrogen-bond donors (Lipinski definition) is 3. The van der Waals surface area contributed by atoms with E-state index in [9.17, 15) is 14.9 Å². The smallest absolute Gasteiger partial charge is 0.321 e. The highest BCUT2D eigenvalue weighted by atomic mass is 35.5. The van der Waals surface area contributed by atoms with Crippen molar-refractivity contribution in [2.45, 2.75) is 0 Å². The van der Waals surface area contributed by atoms with Gasteiger partial charge in [0.05, 0.1) is 42.3 Å². The number of non-ortho nitro benzene ring substituents is 1. The molecule has 2 rings (SSSR count). The molecule has 0 fully saturated rings. The molecule has 1 aromatic heterocycles. The van der Waals surface area contributed by atoms with Gasteiger partial charge in [0.25, 0.3) is 5.69 Å². The summed E-state index contributed by atoms with van der Waals surface area (Å²) in [4.78, 5) is 27.4. The van der Waals surface area contributed by atoms with Crippen molar-refractivity contribution < 1.29 is 27.0 Å². The molecular weight excluding hydrogens is 330 g/mol. The van der Waals surface area contributed by atoms with Gasteiger partial charge in [-0.05, 0) is 6.07 Å². The number of thiazole rings is 1. The van der Waals surface area contributed by atoms with Crippen LogP contribution >= 0.6 is 11.3 Å². The number of benzene rings is 1. The fourth-order valence-electron chi connectivity index (χ4n) is 1.65. The van der Waals surface area contributed by atoms with Crippen LogP contribution in [0.3, 0.4) is 0 Å². The van der Waals surface area contributed by atoms with Crippen molar-refractivity contribution in [1.82, 2.24) is 10.3 Å². The molecule has 0 aliphatic rings. The Kier molecular flexibility index (Phi) is 6.47. The number of carbonyl (C=O) groups excluding carboxylic acids is 1. The molecule has 0 unspecified atom stereocenters. The van der Waals surface area contributed by atoms with Crippen LogP contribution in [0.1, 0.15) is 0 Å². The zero-order chi connectivity index (χ0) is 15.4. The first kappa shape index (κ1) is 18.1. The van der Waals surface area contributed by atoms with Gasteiger partial charge in [-0.2, -0.15) is 0 Å². The zero-order valence-electron chi connectivity index (χ0n) is 12.1. The molecule has 0 atom stereocenters. The Bertz CT molecular complexity index is 676. The predicted molar refractivity (Wildman–Crippen MR) is 81.0 cm³/mol. The second-order valence-corrected chi connectivity index (χ2v) is 5.80. The van der Waals surface area contributed by atoms with Crippen molar-refractivity contribution in [2.75, 3.05) is 32.5 Å². The Morgan fingerprint density at radius 2 is 2.18 bits per heavy atom. The largest absolute Gasteiger partial charge is 1.00 e. The van der Waals surface area contributed by atoms with Crippen molar-refractivity contribution in [3.63, 3.8) is 0 Å². The van der Waals surface area contributed by atoms with E-state index in [1.807, 2.05) is 14.1 Å². The number of hydrogen-bond acceptors (Lipinski definition) is 5. The van der Waals surface area contributed by atoms with E-state index in [2.05, 4.69) is 15.6 Å². The number of carbonyl (C=O) groups is 1. The zero-order valence-corrected chi connectivity index (χ0v) is 13.6. The van der Waals surface area contributed by atoms with Crippen LogP contribution in [0.4, 0.5) is 15.6 Å². The number of likely N-dealkylation sites (N-methyl/N-ethyl adjacent to an activating group) is 1. The first-order chi connectivity index (χ1) is 9.95. The van der Waals surface area contributed by atoms with Gasteiger partial charge in [0.1, 0.15) is 0 Å². The molecule has 1 heterocycles. The average molecular weight is 346 g/mol. The molecule has 22 heavy (non-hydrogen) atoms. The van der Waals surface area contributed by atoms with E-state index in [-0.39, 0.29) is 24.1 Å². The Hall–Kier alpha value is -1.97. The summed E-state index contributed by atoms with van der Waals surface area (Å²) in [7, 11) is 4.00. The van der Waals surface area contributed by atoms with Crippen molar-refractivity contribution in [1.29, 1.82) is 0 Å². The Labute approximate surface area is 137 Å². The van der Waals surface area contributed by atoms with Gasteiger partial charge in [0.2, 0.25) is 0 Å². The SMILES string of the molecule is C[NH+](C)CCNC(=O)Nc1nc2ccc([N+](=O)[O-])cc2s1.[Cl-]. The molecule has 120 valence electrons. The van der Waals surface area contributed by atoms with Crippen LogP contribution in [0.2, 0.25) is 0 Å². The highest BCUT2D eigenvalue weighted by molar-refractivity contribution is 7.22. The van der Waals surface area contributed by atoms with Crippen molar-refractivity contribution in [2.24, 2.45) is 0 Å². The summed E-state index contributed by atoms with van der Waals surface area (Å²) in [6, 6.07) is 4.09. The molecule has 0 aliphatic carbocycles. The van der Waals surface area contributed by atoms with Crippen LogP contribution in [-0.4, -0.2) is 43.1 Å². The molecule has 0 saturated heterocycles.